The van der Waals surface area contributed by atoms with Gasteiger partial charge in [-0.2, -0.15) is 15.8 Å². The number of nitrogens with two attached hydrogens (primary N) is 4. The number of thiophene rings is 3. The summed E-state index contributed by atoms with van der Waals surface area (Å²) in [6.07, 6.45) is 28.4. The van der Waals surface area contributed by atoms with Crippen LogP contribution < -0.4 is 47.8 Å². The highest BCUT2D eigenvalue weighted by Gasteiger charge is 2.55. The second-order valence-electron chi connectivity index (χ2n) is 38.7. The average molecular weight is 1980 g/mol. The first-order valence-corrected chi connectivity index (χ1v) is 51.0. The zero-order valence-electron chi connectivity index (χ0n) is 81.7. The molecule has 11 atom stereocenters. The van der Waals surface area contributed by atoms with Crippen molar-refractivity contribution in [2.24, 2.45) is 77.5 Å². The van der Waals surface area contributed by atoms with Crippen LogP contribution in [0.25, 0.3) is 50.6 Å². The summed E-state index contributed by atoms with van der Waals surface area (Å²) >= 11 is 4.63. The van der Waals surface area contributed by atoms with Gasteiger partial charge in [0.2, 0.25) is 30.4 Å². The van der Waals surface area contributed by atoms with Crippen LogP contribution in [0.4, 0.5) is 4.39 Å². The predicted octanol–water partition coefficient (Wildman–Crippen LogP) is 16.4. The maximum atomic E-state index is 13.4. The quantitative estimate of drug-likeness (QED) is 0.0372. The van der Waals surface area contributed by atoms with Crippen molar-refractivity contribution in [2.75, 3.05) is 62.2 Å². The van der Waals surface area contributed by atoms with E-state index in [2.05, 4.69) is 60.1 Å². The van der Waals surface area contributed by atoms with Gasteiger partial charge in [-0.25, -0.2) is 24.4 Å². The molecule has 20 rings (SSSR count). The number of carbonyl (C=O) groups is 5. The third-order valence-corrected chi connectivity index (χ3v) is 32.6. The molecule has 3 aliphatic carbocycles. The van der Waals surface area contributed by atoms with Gasteiger partial charge in [-0.05, 0) is 247 Å². The smallest absolute Gasteiger partial charge is 0.257 e. The molecule has 5 aromatic carbocycles. The number of hydrogen-bond acceptors (Lipinski definition) is 27. The number of likely N-dealkylation sites (tertiary alicyclic amines) is 1. The van der Waals surface area contributed by atoms with Gasteiger partial charge in [-0.1, -0.05) is 118 Å². The lowest BCUT2D eigenvalue weighted by Crippen LogP contribution is -2.54. The van der Waals surface area contributed by atoms with E-state index in [1.165, 1.54) is 107 Å². The summed E-state index contributed by atoms with van der Waals surface area (Å²) in [4.78, 5) is 107. The number of fused-ring (bicyclic) bond motifs is 1. The highest BCUT2D eigenvalue weighted by atomic mass is 32.1. The molecule has 30 nitrogen and oxygen atoms in total. The molecule has 2 saturated heterocycles. The summed E-state index contributed by atoms with van der Waals surface area (Å²) in [5, 5.41) is 49.3. The maximum Gasteiger partial charge on any atom is 0.257 e. The number of β-amino-alcohol motifs (C(OH)–C–C–N with tert-alkyl or cyclic N) is 1. The van der Waals surface area contributed by atoms with Crippen LogP contribution in [-0.2, 0) is 40.6 Å². The lowest BCUT2D eigenvalue weighted by Gasteiger charge is -2.40. The van der Waals surface area contributed by atoms with Crippen LogP contribution >= 0.6 is 34.0 Å². The highest BCUT2D eigenvalue weighted by molar-refractivity contribution is 7.11. The van der Waals surface area contributed by atoms with E-state index in [4.69, 9.17) is 62.4 Å². The monoisotopic (exact) mass is 1980 g/mol. The summed E-state index contributed by atoms with van der Waals surface area (Å²) in [6, 6.07) is 51.3. The molecule has 2 unspecified atom stereocenters. The summed E-state index contributed by atoms with van der Waals surface area (Å²) in [7, 11) is 10.00. The number of aromatic nitrogens is 2. The number of aliphatic hydroxyl groups is 1. The standard InChI is InChI=1S/C26H23FN4OS.C23H19N5O3S.C23H40N4O2.C19H22N4O2S.C18H16N4O/c1-26(23-14-20(16-33-23)19-7-3-6-18(13-19)15-28)22(24(32)31(2)25(29)30-26)8-4-5-17-9-11-21(27)12-10-17;1-23(19-7-16(11-32-19)15-5-13(8-24)9-26-10-15)20(21(29)28(2)22(25)27-23)14-3-4-17-18(6-14)31-12-30-17;1-26-21(29)23(25-22(26)24,12-10-17-6-3-2-4-7-17)15-18-8-5-9-19(14-18)27-13-11-20(28)16-27;1-19(16(11-4-5-11)17(24)23(2)18(20)22-19)15-7-13(10-26-15)12-6-14(25-3)9-21-8-12;1-20-18-21-16(10-17(23)22-18)15-7-3-6-14(9-15)13-5-2-4-12(8-13)11-19/h3-7,9-14,16,22H,8H2,1-2H3,(H2,29,30);3-7,9-11,20H,12H2,1-2H3,(H2,25,27);17-20,28H,2-16H2,1H3,(H2,24,25);6-11,16H,4-5H2,1-3H3,(H2,20,22);2-9,16H,10H2,1H3,(H2,20,21,22,23)/b5-4+;;;;/t22?,26-;20?,23-;18-,19-,20+,23+;16-,19-;16-/m01010/s1. The van der Waals surface area contributed by atoms with Gasteiger partial charge in [0.05, 0.1) is 78.5 Å². The van der Waals surface area contributed by atoms with E-state index < -0.39 is 34.0 Å². The number of aliphatic hydroxyl groups excluding tert-OH is 1. The first-order valence-electron chi connectivity index (χ1n) is 48.3. The molecule has 143 heavy (non-hydrogen) atoms. The topological polar surface area (TPSA) is 437 Å². The SMILES string of the molecule is CN1C(=O)C(C/C=C/c2ccc(F)cc2)[C@@](C)(c2cc(-c3cccc(C#N)c3)cs2)N=C1N.CN1C(=O)C(c2ccc3c(c2)OCO3)[C@@](C)(c2cc(-c3cncc(C#N)c3)cs2)N=C1N.CN1C(=O)[C@@](CCC2CCCCC2)(C[C@H]2CCC[C@H](N3CC[C@@H](O)C3)C2)N=C1N.CN=C1NC(=O)C[C@@H](c2cccc(-c3cccc(C#N)c3)c2)N1.COc1cncc(-c2csc([C@@]3(C)N=C(N)N(C)C(=O)[C@H]3C3CC3)c2)c1. The van der Waals surface area contributed by atoms with Gasteiger partial charge in [0.15, 0.2) is 41.3 Å². The Balaban J connectivity index is 0.000000129. The molecule has 10 aliphatic rings. The molecular formula is C109H120FN21O9S3. The van der Waals surface area contributed by atoms with Crippen LogP contribution in [-0.4, -0.2) is 179 Å². The Morgan fingerprint density at radius 3 is 1.76 bits per heavy atom. The molecule has 10 aromatic rings. The molecule has 0 spiro atoms. The van der Waals surface area contributed by atoms with Gasteiger partial charge in [0, 0.05) is 98.7 Å². The van der Waals surface area contributed by atoms with Crippen LogP contribution in [0.1, 0.15) is 190 Å². The number of carbonyl (C=O) groups excluding carboxylic acids is 5. The minimum absolute atomic E-state index is 0.0498. The van der Waals surface area contributed by atoms with Crippen LogP contribution in [0, 0.1) is 69.4 Å². The number of nitriles is 3. The normalized spacial score (nSPS) is 25.0. The van der Waals surface area contributed by atoms with Crippen molar-refractivity contribution >= 4 is 99.4 Å². The number of hydrogen-bond donors (Lipinski definition) is 7. The minimum atomic E-state index is -0.926. The van der Waals surface area contributed by atoms with E-state index in [9.17, 15) is 44.0 Å². The Bertz CT molecular complexity index is 6740. The van der Waals surface area contributed by atoms with Crippen molar-refractivity contribution in [2.45, 2.75) is 176 Å². The molecule has 740 valence electrons. The first kappa shape index (κ1) is 102. The lowest BCUT2D eigenvalue weighted by atomic mass is 9.74. The second-order valence-corrected chi connectivity index (χ2v) is 41.4. The zero-order chi connectivity index (χ0) is 101. The number of nitrogens with one attached hydrogen (secondary N) is 2. The molecular weight excluding hydrogens is 1860 g/mol. The molecule has 7 aliphatic heterocycles. The molecule has 12 heterocycles. The van der Waals surface area contributed by atoms with Crippen molar-refractivity contribution in [3.05, 3.63) is 246 Å². The van der Waals surface area contributed by atoms with E-state index in [1.54, 1.807) is 101 Å². The summed E-state index contributed by atoms with van der Waals surface area (Å²) in [5.74, 6) is 3.52. The number of likely N-dealkylation sites (N-methyl/N-ethyl adjacent to an activating group) is 2. The van der Waals surface area contributed by atoms with Gasteiger partial charge in [0.1, 0.15) is 39.8 Å². The Morgan fingerprint density at radius 2 is 1.14 bits per heavy atom. The molecule has 5 fully saturated rings. The van der Waals surface area contributed by atoms with E-state index in [0.29, 0.717) is 76.6 Å². The van der Waals surface area contributed by atoms with Crippen molar-refractivity contribution in [1.29, 1.82) is 15.8 Å². The van der Waals surface area contributed by atoms with Gasteiger partial charge in [-0.3, -0.25) is 68.7 Å². The maximum absolute atomic E-state index is 13.4. The number of benzene rings is 5. The minimum Gasteiger partial charge on any atom is -0.495 e. The molecule has 34 heteroatoms. The number of guanidine groups is 5. The van der Waals surface area contributed by atoms with Crippen molar-refractivity contribution < 1.29 is 47.7 Å². The van der Waals surface area contributed by atoms with Gasteiger partial charge in [0.25, 0.3) is 5.91 Å². The predicted molar refractivity (Wildman–Crippen MR) is 555 cm³/mol. The number of allylic oxidation sites excluding steroid dienone is 1. The number of methoxy groups -OCH3 is 1. The van der Waals surface area contributed by atoms with Crippen molar-refractivity contribution in [3.8, 4) is 80.0 Å². The van der Waals surface area contributed by atoms with E-state index in [-0.39, 0.29) is 78.1 Å². The Hall–Kier alpha value is -14.3. The molecule has 5 amide bonds. The van der Waals surface area contributed by atoms with Gasteiger partial charge in [-0.15, -0.1) is 34.0 Å². The van der Waals surface area contributed by atoms with Gasteiger partial charge >= 0.3 is 0 Å². The van der Waals surface area contributed by atoms with Gasteiger partial charge < -0.3 is 47.6 Å². The van der Waals surface area contributed by atoms with Crippen LogP contribution in [0.2, 0.25) is 0 Å². The number of nitrogens with zero attached hydrogens (tertiary/aromatic N) is 15. The second kappa shape index (κ2) is 44.0. The van der Waals surface area contributed by atoms with Crippen LogP contribution in [0.3, 0.4) is 0 Å². The number of aliphatic imine (C=N–C) groups is 5. The number of ether oxygens (including phenoxy) is 3. The molecule has 3 saturated carbocycles. The highest BCUT2D eigenvalue weighted by Crippen LogP contribution is 2.54. The number of halogens is 1. The lowest BCUT2D eigenvalue weighted by molar-refractivity contribution is -0.135. The largest absolute Gasteiger partial charge is 0.495 e. The molecule has 5 aromatic heterocycles. The van der Waals surface area contributed by atoms with E-state index in [0.717, 1.165) is 140 Å². The third kappa shape index (κ3) is 22.6. The summed E-state index contributed by atoms with van der Waals surface area (Å²) < 4.78 is 29.4. The van der Waals surface area contributed by atoms with E-state index >= 15 is 0 Å². The fourth-order valence-electron chi connectivity index (χ4n) is 20.8. The summed E-state index contributed by atoms with van der Waals surface area (Å²) in [6.45, 7) is 7.87. The van der Waals surface area contributed by atoms with Crippen LogP contribution in [0.5, 0.6) is 17.2 Å². The van der Waals surface area contributed by atoms with Crippen LogP contribution in [0.15, 0.2) is 218 Å². The Kier molecular flexibility index (Phi) is 31.3. The third-order valence-electron chi connectivity index (χ3n) is 29.2. The fourth-order valence-corrected chi connectivity index (χ4v) is 24.0. The fraction of sp³-hybridized carbons (Fsp3) is 0.385. The Morgan fingerprint density at radius 1 is 0.573 bits per heavy atom. The van der Waals surface area contributed by atoms with E-state index in [1.807, 2.05) is 147 Å². The Labute approximate surface area is 844 Å². The summed E-state index contributed by atoms with van der Waals surface area (Å²) in [5.41, 5.74) is 33.4. The molecule has 0 radical (unpaired) electrons. The number of pyridine rings is 2. The number of rotatable bonds is 20. The first-order chi connectivity index (χ1) is 68.8. The molecule has 11 N–H and O–H groups in total. The zero-order valence-corrected chi connectivity index (χ0v) is 84.2. The molecule has 0 bridgehead atoms. The van der Waals surface area contributed by atoms with Crippen molar-refractivity contribution in [1.82, 2.24) is 45.1 Å². The average Bonchev–Trinajstić information content (AvgIpc) is 1.65. The number of amides is 5. The van der Waals surface area contributed by atoms with Crippen molar-refractivity contribution in [3.63, 3.8) is 0 Å².